The van der Waals surface area contributed by atoms with Crippen LogP contribution in [0.2, 0.25) is 0 Å². The normalized spacial score (nSPS) is 21.2. The molecule has 0 aromatic heterocycles. The second-order valence-electron chi connectivity index (χ2n) is 4.27. The van der Waals surface area contributed by atoms with Crippen LogP contribution in [0.5, 0.6) is 0 Å². The van der Waals surface area contributed by atoms with E-state index in [-0.39, 0.29) is 12.5 Å². The molecule has 0 fully saturated rings. The minimum atomic E-state index is -0.831. The number of benzene rings is 1. The number of carboxylic acid groups (broad SMARTS) is 1. The fourth-order valence-electron chi connectivity index (χ4n) is 2.55. The number of carboxylic acids is 1. The van der Waals surface area contributed by atoms with Crippen LogP contribution in [0.3, 0.4) is 0 Å². The van der Waals surface area contributed by atoms with Crippen molar-refractivity contribution in [1.29, 1.82) is 0 Å². The van der Waals surface area contributed by atoms with E-state index in [0.717, 1.165) is 21.9 Å². The van der Waals surface area contributed by atoms with Gasteiger partial charge in [-0.15, -0.1) is 0 Å². The molecule has 0 amide bonds. The molecule has 0 aliphatic carbocycles. The maximum absolute atomic E-state index is 10.9. The molecule has 2 heterocycles. The maximum Gasteiger partial charge on any atom is 0.305 e. The summed E-state index contributed by atoms with van der Waals surface area (Å²) in [7, 11) is 0. The number of hydroxylamine groups is 2. The molecule has 5 nitrogen and oxygen atoms in total. The third-order valence-corrected chi connectivity index (χ3v) is 3.22. The molecule has 0 saturated heterocycles. The Kier molecular flexibility index (Phi) is 2.09. The zero-order valence-electron chi connectivity index (χ0n) is 9.08. The molecule has 1 aromatic rings. The van der Waals surface area contributed by atoms with Gasteiger partial charge >= 0.3 is 5.97 Å². The first kappa shape index (κ1) is 10.2. The summed E-state index contributed by atoms with van der Waals surface area (Å²) in [4.78, 5) is 12.8. The van der Waals surface area contributed by atoms with Crippen LogP contribution in [0.15, 0.2) is 30.5 Å². The topological polar surface area (TPSA) is 64.0 Å². The highest BCUT2D eigenvalue weighted by Gasteiger charge is 2.38. The molecule has 5 heteroatoms. The Morgan fingerprint density at radius 3 is 2.94 bits per heavy atom. The highest BCUT2D eigenvalue weighted by Crippen LogP contribution is 2.45. The van der Waals surface area contributed by atoms with Gasteiger partial charge < -0.3 is 10.0 Å². The van der Waals surface area contributed by atoms with Crippen LogP contribution < -0.4 is 0 Å². The van der Waals surface area contributed by atoms with Gasteiger partial charge in [-0.1, -0.05) is 24.3 Å². The van der Waals surface area contributed by atoms with Crippen molar-refractivity contribution in [1.82, 2.24) is 9.96 Å². The molecule has 88 valence electrons. The minimum Gasteiger partial charge on any atom is -0.481 e. The van der Waals surface area contributed by atoms with Crippen LogP contribution in [0, 0.1) is 0 Å². The van der Waals surface area contributed by atoms with Gasteiger partial charge in [0, 0.05) is 5.56 Å². The van der Waals surface area contributed by atoms with Gasteiger partial charge in [-0.05, 0) is 5.56 Å². The van der Waals surface area contributed by atoms with Gasteiger partial charge in [0.2, 0.25) is 0 Å². The molecule has 0 radical (unpaired) electrons. The van der Waals surface area contributed by atoms with Gasteiger partial charge in [-0.25, -0.2) is 5.06 Å². The molecule has 1 unspecified atom stereocenters. The smallest absolute Gasteiger partial charge is 0.305 e. The van der Waals surface area contributed by atoms with E-state index in [9.17, 15) is 10.0 Å². The first-order valence-corrected chi connectivity index (χ1v) is 5.42. The van der Waals surface area contributed by atoms with Crippen LogP contribution >= 0.6 is 0 Å². The van der Waals surface area contributed by atoms with Gasteiger partial charge in [-0.2, -0.15) is 0 Å². The van der Waals surface area contributed by atoms with Crippen molar-refractivity contribution in [2.24, 2.45) is 0 Å². The zero-order valence-corrected chi connectivity index (χ0v) is 9.08. The van der Waals surface area contributed by atoms with Crippen molar-refractivity contribution in [2.45, 2.75) is 12.5 Å². The molecule has 2 aliphatic heterocycles. The van der Waals surface area contributed by atoms with Crippen LogP contribution in [0.1, 0.15) is 23.6 Å². The second kappa shape index (κ2) is 3.49. The standard InChI is InChI=1S/C12H12N2O3/c15-12(16)5-10-8-3-1-2-4-9(8)11-6-13(17)7-14(10)11/h1-4,6,10,17H,5,7H2,(H,15,16). The molecule has 1 aromatic carbocycles. The Labute approximate surface area is 98.1 Å². The molecule has 2 N–H and O–H groups in total. The second-order valence-corrected chi connectivity index (χ2v) is 4.27. The SMILES string of the molecule is O=C(O)CC1c2ccccc2C2=CN(O)CN21. The zero-order chi connectivity index (χ0) is 12.0. The van der Waals surface area contributed by atoms with Gasteiger partial charge in [0.05, 0.1) is 24.4 Å². The molecule has 3 rings (SSSR count). The molecular weight excluding hydrogens is 220 g/mol. The van der Waals surface area contributed by atoms with E-state index in [0.29, 0.717) is 6.67 Å². The fourth-order valence-corrected chi connectivity index (χ4v) is 2.55. The lowest BCUT2D eigenvalue weighted by Gasteiger charge is -2.23. The number of hydrogen-bond acceptors (Lipinski definition) is 4. The third-order valence-electron chi connectivity index (χ3n) is 3.22. The number of rotatable bonds is 2. The van der Waals surface area contributed by atoms with E-state index >= 15 is 0 Å². The molecule has 1 atom stereocenters. The summed E-state index contributed by atoms with van der Waals surface area (Å²) >= 11 is 0. The van der Waals surface area contributed by atoms with Gasteiger partial charge in [0.25, 0.3) is 0 Å². The van der Waals surface area contributed by atoms with Crippen LogP contribution in [-0.4, -0.2) is 32.9 Å². The van der Waals surface area contributed by atoms with Crippen molar-refractivity contribution in [2.75, 3.05) is 6.67 Å². The van der Waals surface area contributed by atoms with Crippen LogP contribution in [-0.2, 0) is 4.79 Å². The average molecular weight is 232 g/mol. The Morgan fingerprint density at radius 2 is 2.18 bits per heavy atom. The predicted octanol–water partition coefficient (Wildman–Crippen LogP) is 1.48. The lowest BCUT2D eigenvalue weighted by Crippen LogP contribution is -2.27. The molecule has 0 spiro atoms. The van der Waals surface area contributed by atoms with E-state index in [1.165, 1.54) is 0 Å². The van der Waals surface area contributed by atoms with Crippen molar-refractivity contribution >= 4 is 11.7 Å². The van der Waals surface area contributed by atoms with Gasteiger partial charge in [0.15, 0.2) is 0 Å². The van der Waals surface area contributed by atoms with E-state index in [1.807, 2.05) is 29.2 Å². The van der Waals surface area contributed by atoms with Gasteiger partial charge in [0.1, 0.15) is 6.67 Å². The van der Waals surface area contributed by atoms with Crippen molar-refractivity contribution < 1.29 is 15.1 Å². The Bertz CT molecular complexity index is 512. The summed E-state index contributed by atoms with van der Waals surface area (Å²) < 4.78 is 0. The lowest BCUT2D eigenvalue weighted by molar-refractivity contribution is -0.138. The van der Waals surface area contributed by atoms with Gasteiger partial charge in [-0.3, -0.25) is 10.0 Å². The number of carbonyl (C=O) groups is 1. The number of hydrogen-bond donors (Lipinski definition) is 2. The summed E-state index contributed by atoms with van der Waals surface area (Å²) in [5, 5.41) is 19.5. The number of fused-ring (bicyclic) bond motifs is 3. The quantitative estimate of drug-likeness (QED) is 0.808. The average Bonchev–Trinajstić information content (AvgIpc) is 2.78. The predicted molar refractivity (Wildman–Crippen MR) is 59.7 cm³/mol. The van der Waals surface area contributed by atoms with E-state index in [2.05, 4.69) is 0 Å². The van der Waals surface area contributed by atoms with E-state index in [4.69, 9.17) is 5.11 Å². The summed E-state index contributed by atoms with van der Waals surface area (Å²) in [6.07, 6.45) is 1.68. The van der Waals surface area contributed by atoms with E-state index < -0.39 is 5.97 Å². The summed E-state index contributed by atoms with van der Waals surface area (Å²) in [5.41, 5.74) is 2.93. The molecule has 17 heavy (non-hydrogen) atoms. The minimum absolute atomic E-state index is 0.0438. The largest absolute Gasteiger partial charge is 0.481 e. The first-order chi connectivity index (χ1) is 8.16. The van der Waals surface area contributed by atoms with E-state index in [1.54, 1.807) is 6.20 Å². The van der Waals surface area contributed by atoms with Crippen LogP contribution in [0.25, 0.3) is 5.70 Å². The van der Waals surface area contributed by atoms with Crippen LogP contribution in [0.4, 0.5) is 0 Å². The summed E-state index contributed by atoms with van der Waals surface area (Å²) in [5.74, 6) is -0.831. The Hall–Kier alpha value is -2.01. The van der Waals surface area contributed by atoms with Crippen molar-refractivity contribution in [3.05, 3.63) is 41.6 Å². The summed E-state index contributed by atoms with van der Waals surface area (Å²) in [6, 6.07) is 7.54. The highest BCUT2D eigenvalue weighted by molar-refractivity contribution is 5.76. The molecular formula is C12H12N2O3. The lowest BCUT2D eigenvalue weighted by atomic mass is 10.0. The van der Waals surface area contributed by atoms with Crippen molar-refractivity contribution in [3.63, 3.8) is 0 Å². The van der Waals surface area contributed by atoms with Crippen molar-refractivity contribution in [3.8, 4) is 0 Å². The highest BCUT2D eigenvalue weighted by atomic mass is 16.5. The molecule has 0 saturated carbocycles. The fraction of sp³-hybridized carbons (Fsp3) is 0.250. The molecule has 0 bridgehead atoms. The first-order valence-electron chi connectivity index (χ1n) is 5.42. The molecule has 2 aliphatic rings. The number of nitrogens with zero attached hydrogens (tertiary/aromatic N) is 2. The monoisotopic (exact) mass is 232 g/mol. The number of aliphatic carboxylic acids is 1. The summed E-state index contributed by atoms with van der Waals surface area (Å²) in [6.45, 7) is 0.321. The maximum atomic E-state index is 10.9. The Morgan fingerprint density at radius 1 is 1.41 bits per heavy atom. The Balaban J connectivity index is 2.07. The third kappa shape index (κ3) is 1.47.